The second-order valence-electron chi connectivity index (χ2n) is 3.34. The molecule has 0 unspecified atom stereocenters. The summed E-state index contributed by atoms with van der Waals surface area (Å²) < 4.78 is 4.95. The highest BCUT2D eigenvalue weighted by atomic mass is 16.5. The SMILES string of the molecule is CC(=O)Oc1c#ccc(-c2ccccc2)c1. The number of hydrogen-bond acceptors (Lipinski definition) is 2. The smallest absolute Gasteiger partial charge is 0.308 e. The van der Waals surface area contributed by atoms with Gasteiger partial charge in [0.2, 0.25) is 0 Å². The van der Waals surface area contributed by atoms with Gasteiger partial charge in [-0.25, -0.2) is 0 Å². The van der Waals surface area contributed by atoms with Crippen LogP contribution < -0.4 is 4.74 Å². The molecule has 0 spiro atoms. The van der Waals surface area contributed by atoms with Crippen molar-refractivity contribution in [3.8, 4) is 16.9 Å². The number of rotatable bonds is 2. The predicted molar refractivity (Wildman–Crippen MR) is 60.9 cm³/mol. The van der Waals surface area contributed by atoms with Gasteiger partial charge in [-0.3, -0.25) is 4.79 Å². The Balaban J connectivity index is 2.33. The quantitative estimate of drug-likeness (QED) is 0.712. The molecule has 0 fully saturated rings. The van der Waals surface area contributed by atoms with Gasteiger partial charge in [-0.15, -0.1) is 0 Å². The average Bonchev–Trinajstić information content (AvgIpc) is 2.30. The van der Waals surface area contributed by atoms with Crippen LogP contribution in [0.15, 0.2) is 42.5 Å². The Bertz CT molecular complexity index is 489. The summed E-state index contributed by atoms with van der Waals surface area (Å²) >= 11 is 0. The lowest BCUT2D eigenvalue weighted by molar-refractivity contribution is -0.131. The van der Waals surface area contributed by atoms with Crippen LogP contribution in [0.4, 0.5) is 0 Å². The van der Waals surface area contributed by atoms with Crippen molar-refractivity contribution in [3.63, 3.8) is 0 Å². The van der Waals surface area contributed by atoms with E-state index in [-0.39, 0.29) is 5.97 Å². The van der Waals surface area contributed by atoms with E-state index in [1.165, 1.54) is 6.92 Å². The van der Waals surface area contributed by atoms with E-state index in [1.54, 1.807) is 6.07 Å². The second-order valence-corrected chi connectivity index (χ2v) is 3.34. The Hall–Kier alpha value is -2.27. The van der Waals surface area contributed by atoms with E-state index in [1.807, 2.05) is 36.4 Å². The van der Waals surface area contributed by atoms with Crippen molar-refractivity contribution >= 4 is 5.97 Å². The zero-order chi connectivity index (χ0) is 11.4. The zero-order valence-corrected chi connectivity index (χ0v) is 8.86. The van der Waals surface area contributed by atoms with Crippen LogP contribution in [0.2, 0.25) is 0 Å². The molecule has 2 aromatic rings. The molecule has 78 valence electrons. The highest BCUT2D eigenvalue weighted by molar-refractivity contribution is 5.70. The van der Waals surface area contributed by atoms with Crippen LogP contribution in [0, 0.1) is 12.1 Å². The van der Waals surface area contributed by atoms with Gasteiger partial charge in [-0.2, -0.15) is 0 Å². The molecule has 2 aromatic carbocycles. The van der Waals surface area contributed by atoms with E-state index in [0.717, 1.165) is 11.1 Å². The van der Waals surface area contributed by atoms with E-state index in [0.29, 0.717) is 5.75 Å². The molecule has 2 nitrogen and oxygen atoms in total. The Labute approximate surface area is 94.5 Å². The molecule has 0 bridgehead atoms. The van der Waals surface area contributed by atoms with Crippen molar-refractivity contribution in [2.75, 3.05) is 0 Å². The third-order valence-corrected chi connectivity index (χ3v) is 2.07. The molecule has 2 rings (SSSR count). The molecule has 0 radical (unpaired) electrons. The first-order chi connectivity index (χ1) is 7.75. The van der Waals surface area contributed by atoms with Crippen molar-refractivity contribution in [1.82, 2.24) is 0 Å². The number of carbonyl (C=O) groups excluding carboxylic acids is 1. The molecule has 0 atom stereocenters. The van der Waals surface area contributed by atoms with Crippen LogP contribution in [0.3, 0.4) is 0 Å². The number of esters is 1. The zero-order valence-electron chi connectivity index (χ0n) is 8.86. The average molecular weight is 210 g/mol. The summed E-state index contributed by atoms with van der Waals surface area (Å²) in [5.41, 5.74) is 2.01. The summed E-state index contributed by atoms with van der Waals surface area (Å²) in [6.45, 7) is 1.36. The van der Waals surface area contributed by atoms with Crippen molar-refractivity contribution in [3.05, 3.63) is 54.6 Å². The molecule has 0 aliphatic carbocycles. The molecule has 0 saturated carbocycles. The van der Waals surface area contributed by atoms with Crippen LogP contribution in [0.5, 0.6) is 5.75 Å². The predicted octanol–water partition coefficient (Wildman–Crippen LogP) is 2.88. The Kier molecular flexibility index (Phi) is 2.88. The first-order valence-corrected chi connectivity index (χ1v) is 4.93. The van der Waals surface area contributed by atoms with E-state index in [9.17, 15) is 4.79 Å². The Morgan fingerprint density at radius 3 is 2.62 bits per heavy atom. The normalized spacial score (nSPS) is 9.31. The highest BCUT2D eigenvalue weighted by Gasteiger charge is 2.00. The third kappa shape index (κ3) is 2.40. The lowest BCUT2D eigenvalue weighted by Gasteiger charge is -2.01. The van der Waals surface area contributed by atoms with Gasteiger partial charge in [-0.1, -0.05) is 36.4 Å². The molecular formula is C14H10O2. The Morgan fingerprint density at radius 2 is 1.94 bits per heavy atom. The molecule has 0 aliphatic heterocycles. The van der Waals surface area contributed by atoms with Gasteiger partial charge in [0.1, 0.15) is 0 Å². The van der Waals surface area contributed by atoms with Gasteiger partial charge in [0.15, 0.2) is 5.75 Å². The summed E-state index contributed by atoms with van der Waals surface area (Å²) in [5, 5.41) is 0. The van der Waals surface area contributed by atoms with E-state index in [2.05, 4.69) is 12.1 Å². The van der Waals surface area contributed by atoms with Crippen LogP contribution in [0.25, 0.3) is 11.1 Å². The summed E-state index contributed by atoms with van der Waals surface area (Å²) in [6, 6.07) is 19.0. The third-order valence-electron chi connectivity index (χ3n) is 2.07. The number of ether oxygens (including phenoxy) is 1. The summed E-state index contributed by atoms with van der Waals surface area (Å²) in [7, 11) is 0. The first kappa shape index (κ1) is 10.3. The molecule has 16 heavy (non-hydrogen) atoms. The van der Waals surface area contributed by atoms with Gasteiger partial charge in [-0.05, 0) is 29.3 Å². The van der Waals surface area contributed by atoms with E-state index < -0.39 is 0 Å². The van der Waals surface area contributed by atoms with Crippen LogP contribution >= 0.6 is 0 Å². The maximum absolute atomic E-state index is 10.8. The topological polar surface area (TPSA) is 26.3 Å². The van der Waals surface area contributed by atoms with E-state index in [4.69, 9.17) is 4.74 Å². The fraction of sp³-hybridized carbons (Fsp3) is 0.0714. The van der Waals surface area contributed by atoms with Gasteiger partial charge in [0.05, 0.1) is 0 Å². The molecular weight excluding hydrogens is 200 g/mol. The number of hydrogen-bond donors (Lipinski definition) is 0. The van der Waals surface area contributed by atoms with Gasteiger partial charge in [0, 0.05) is 6.92 Å². The van der Waals surface area contributed by atoms with Crippen LogP contribution in [-0.2, 0) is 4.79 Å². The van der Waals surface area contributed by atoms with Gasteiger partial charge >= 0.3 is 5.97 Å². The molecule has 2 heteroatoms. The maximum atomic E-state index is 10.8. The van der Waals surface area contributed by atoms with E-state index >= 15 is 0 Å². The summed E-state index contributed by atoms with van der Waals surface area (Å²) in [5.74, 6) is 0.0451. The maximum Gasteiger partial charge on any atom is 0.308 e. The van der Waals surface area contributed by atoms with Crippen molar-refractivity contribution < 1.29 is 9.53 Å². The molecule has 0 amide bonds. The van der Waals surface area contributed by atoms with Crippen LogP contribution in [0.1, 0.15) is 6.92 Å². The molecule has 0 aromatic heterocycles. The molecule has 0 N–H and O–H groups in total. The fourth-order valence-electron chi connectivity index (χ4n) is 1.41. The van der Waals surface area contributed by atoms with Crippen LogP contribution in [-0.4, -0.2) is 5.97 Å². The van der Waals surface area contributed by atoms with Crippen molar-refractivity contribution in [2.45, 2.75) is 6.92 Å². The molecule has 0 aliphatic rings. The van der Waals surface area contributed by atoms with Crippen molar-refractivity contribution in [1.29, 1.82) is 0 Å². The largest absolute Gasteiger partial charge is 0.417 e. The molecule has 0 heterocycles. The standard InChI is InChI=1S/C14H10O2/c1-11(15)16-14-9-5-8-13(10-14)12-6-3-2-4-7-12/h2-4,6-8,10H,1H3. The first-order valence-electron chi connectivity index (χ1n) is 4.93. The molecule has 0 saturated heterocycles. The Morgan fingerprint density at radius 1 is 1.19 bits per heavy atom. The highest BCUT2D eigenvalue weighted by Crippen LogP contribution is 2.21. The lowest BCUT2D eigenvalue weighted by Crippen LogP contribution is -2.00. The summed E-state index contributed by atoms with van der Waals surface area (Å²) in [6.07, 6.45) is 0. The summed E-state index contributed by atoms with van der Waals surface area (Å²) in [4.78, 5) is 10.8. The minimum Gasteiger partial charge on any atom is -0.417 e. The van der Waals surface area contributed by atoms with Gasteiger partial charge in [0.25, 0.3) is 0 Å². The number of benzene rings is 1. The number of carbonyl (C=O) groups is 1. The lowest BCUT2D eigenvalue weighted by atomic mass is 10.1. The monoisotopic (exact) mass is 210 g/mol. The minimum absolute atomic E-state index is 0.352. The van der Waals surface area contributed by atoms with Crippen molar-refractivity contribution in [2.24, 2.45) is 0 Å². The van der Waals surface area contributed by atoms with Gasteiger partial charge < -0.3 is 4.74 Å². The minimum atomic E-state index is -0.352. The fourth-order valence-corrected chi connectivity index (χ4v) is 1.41. The second kappa shape index (κ2) is 4.50.